The van der Waals surface area contributed by atoms with E-state index in [-0.39, 0.29) is 11.3 Å². The third-order valence-electron chi connectivity index (χ3n) is 2.57. The first-order chi connectivity index (χ1) is 9.47. The largest absolute Gasteiger partial charge is 0.292 e. The summed E-state index contributed by atoms with van der Waals surface area (Å²) in [4.78, 5) is 44.5. The zero-order chi connectivity index (χ0) is 14.7. The molecule has 0 bridgehead atoms. The number of Topliss-reactive ketones (excluding diaryl/α,β-unsaturated/α-hetero) is 1. The fourth-order valence-corrected chi connectivity index (χ4v) is 1.61. The Labute approximate surface area is 111 Å². The lowest BCUT2D eigenvalue weighted by atomic mass is 10.1. The highest BCUT2D eigenvalue weighted by Crippen LogP contribution is 2.13. The van der Waals surface area contributed by atoms with E-state index in [0.717, 1.165) is 22.9 Å². The third-order valence-corrected chi connectivity index (χ3v) is 2.57. The molecule has 102 valence electrons. The lowest BCUT2D eigenvalue weighted by Gasteiger charge is -2.04. The minimum absolute atomic E-state index is 0.0933. The summed E-state index contributed by atoms with van der Waals surface area (Å²) in [6, 6.07) is 7.25. The number of rotatable bonds is 4. The highest BCUT2D eigenvalue weighted by molar-refractivity contribution is 5.96. The monoisotopic (exact) mass is 275 g/mol. The van der Waals surface area contributed by atoms with Gasteiger partial charge in [0.1, 0.15) is 6.54 Å². The SMILES string of the molecule is O=C(Cn1[nH]c(=O)ccc1=O)c1cccc([N+](=O)[O-])c1. The molecule has 0 saturated carbocycles. The van der Waals surface area contributed by atoms with Crippen LogP contribution in [-0.2, 0) is 6.54 Å². The first kappa shape index (κ1) is 13.4. The van der Waals surface area contributed by atoms with Crippen LogP contribution in [0.25, 0.3) is 0 Å². The number of H-pyrrole nitrogens is 1. The second-order valence-corrected chi connectivity index (χ2v) is 3.96. The lowest BCUT2D eigenvalue weighted by molar-refractivity contribution is -0.384. The van der Waals surface area contributed by atoms with Gasteiger partial charge in [-0.2, -0.15) is 0 Å². The molecule has 1 aromatic heterocycles. The van der Waals surface area contributed by atoms with E-state index in [1.165, 1.54) is 18.2 Å². The Morgan fingerprint density at radius 3 is 2.70 bits per heavy atom. The molecule has 0 aliphatic heterocycles. The Morgan fingerprint density at radius 2 is 2.00 bits per heavy atom. The standard InChI is InChI=1S/C12H9N3O5/c16-10(7-14-12(18)5-4-11(17)13-14)8-2-1-3-9(6-8)15(19)20/h1-6H,7H2,(H,13,17). The van der Waals surface area contributed by atoms with E-state index in [1.807, 2.05) is 0 Å². The van der Waals surface area contributed by atoms with E-state index >= 15 is 0 Å². The van der Waals surface area contributed by atoms with Crippen molar-refractivity contribution in [2.75, 3.05) is 0 Å². The number of ketones is 1. The minimum atomic E-state index is -0.618. The zero-order valence-electron chi connectivity index (χ0n) is 10.1. The van der Waals surface area contributed by atoms with Crippen LogP contribution in [-0.4, -0.2) is 20.5 Å². The van der Waals surface area contributed by atoms with Crippen LogP contribution in [0.15, 0.2) is 46.0 Å². The number of aromatic nitrogens is 2. The fraction of sp³-hybridized carbons (Fsp3) is 0.0833. The number of hydrogen-bond acceptors (Lipinski definition) is 5. The molecule has 0 saturated heterocycles. The second kappa shape index (κ2) is 5.31. The molecule has 0 aliphatic carbocycles. The average Bonchev–Trinajstić information content (AvgIpc) is 2.43. The van der Waals surface area contributed by atoms with Crippen LogP contribution in [0.5, 0.6) is 0 Å². The maximum atomic E-state index is 11.9. The molecule has 1 heterocycles. The van der Waals surface area contributed by atoms with Crippen molar-refractivity contribution < 1.29 is 9.72 Å². The molecule has 8 nitrogen and oxygen atoms in total. The normalized spacial score (nSPS) is 10.2. The number of nitro groups is 1. The molecule has 0 radical (unpaired) electrons. The van der Waals surface area contributed by atoms with E-state index in [0.29, 0.717) is 0 Å². The first-order valence-electron chi connectivity index (χ1n) is 5.55. The number of carbonyl (C=O) groups is 1. The van der Waals surface area contributed by atoms with Gasteiger partial charge in [0, 0.05) is 29.8 Å². The minimum Gasteiger partial charge on any atom is -0.292 e. The van der Waals surface area contributed by atoms with Crippen molar-refractivity contribution in [3.63, 3.8) is 0 Å². The van der Waals surface area contributed by atoms with Crippen LogP contribution in [0, 0.1) is 10.1 Å². The van der Waals surface area contributed by atoms with E-state index < -0.39 is 28.4 Å². The van der Waals surface area contributed by atoms with E-state index in [4.69, 9.17) is 0 Å². The quantitative estimate of drug-likeness (QED) is 0.490. The smallest absolute Gasteiger partial charge is 0.270 e. The summed E-state index contributed by atoms with van der Waals surface area (Å²) < 4.78 is 0.851. The summed E-state index contributed by atoms with van der Waals surface area (Å²) in [6.07, 6.45) is 0. The fourth-order valence-electron chi connectivity index (χ4n) is 1.61. The van der Waals surface area contributed by atoms with Gasteiger partial charge < -0.3 is 0 Å². The summed E-state index contributed by atoms with van der Waals surface area (Å²) in [5.41, 5.74) is -1.18. The molecule has 20 heavy (non-hydrogen) atoms. The number of benzene rings is 1. The van der Waals surface area contributed by atoms with Crippen LogP contribution in [0.4, 0.5) is 5.69 Å². The topological polar surface area (TPSA) is 115 Å². The predicted molar refractivity (Wildman–Crippen MR) is 68.7 cm³/mol. The molecule has 0 unspecified atom stereocenters. The van der Waals surface area contributed by atoms with Crippen LogP contribution < -0.4 is 11.1 Å². The molecule has 0 fully saturated rings. The second-order valence-electron chi connectivity index (χ2n) is 3.96. The molecule has 0 atom stereocenters. The number of carbonyl (C=O) groups excluding carboxylic acids is 1. The molecule has 8 heteroatoms. The molecule has 1 aromatic carbocycles. The van der Waals surface area contributed by atoms with Gasteiger partial charge in [0.05, 0.1) is 4.92 Å². The van der Waals surface area contributed by atoms with Crippen LogP contribution in [0.3, 0.4) is 0 Å². The summed E-state index contributed by atoms with van der Waals surface area (Å²) >= 11 is 0. The molecule has 0 aliphatic rings. The Kier molecular flexibility index (Phi) is 3.56. The Morgan fingerprint density at radius 1 is 1.25 bits per heavy atom. The number of nitro benzene ring substituents is 1. The number of aromatic amines is 1. The van der Waals surface area contributed by atoms with Gasteiger partial charge in [0.15, 0.2) is 5.78 Å². The van der Waals surface area contributed by atoms with Gasteiger partial charge in [-0.3, -0.25) is 29.6 Å². The van der Waals surface area contributed by atoms with Gasteiger partial charge in [-0.05, 0) is 0 Å². The average molecular weight is 275 g/mol. The molecule has 2 rings (SSSR count). The number of non-ortho nitro benzene ring substituents is 1. The Balaban J connectivity index is 2.30. The Hall–Kier alpha value is -3.03. The van der Waals surface area contributed by atoms with Crippen molar-refractivity contribution in [3.8, 4) is 0 Å². The van der Waals surface area contributed by atoms with Crippen molar-refractivity contribution in [3.05, 3.63) is 72.8 Å². The lowest BCUT2D eigenvalue weighted by Crippen LogP contribution is -2.30. The third kappa shape index (κ3) is 2.86. The van der Waals surface area contributed by atoms with Crippen LogP contribution in [0.1, 0.15) is 10.4 Å². The van der Waals surface area contributed by atoms with Crippen molar-refractivity contribution in [1.82, 2.24) is 9.78 Å². The molecule has 1 N–H and O–H groups in total. The van der Waals surface area contributed by atoms with E-state index in [2.05, 4.69) is 5.10 Å². The van der Waals surface area contributed by atoms with E-state index in [9.17, 15) is 24.5 Å². The van der Waals surface area contributed by atoms with Gasteiger partial charge in [-0.1, -0.05) is 12.1 Å². The Bertz CT molecular complexity index is 790. The van der Waals surface area contributed by atoms with Gasteiger partial charge in [-0.25, -0.2) is 4.68 Å². The molecular formula is C12H9N3O5. The predicted octanol–water partition coefficient (Wildman–Crippen LogP) is 0.328. The molecule has 0 spiro atoms. The molecule has 0 amide bonds. The summed E-state index contributed by atoms with van der Waals surface area (Å²) in [7, 11) is 0. The van der Waals surface area contributed by atoms with Crippen LogP contribution >= 0.6 is 0 Å². The van der Waals surface area contributed by atoms with E-state index in [1.54, 1.807) is 0 Å². The number of nitrogens with zero attached hydrogens (tertiary/aromatic N) is 2. The highest BCUT2D eigenvalue weighted by atomic mass is 16.6. The van der Waals surface area contributed by atoms with Gasteiger partial charge in [-0.15, -0.1) is 0 Å². The zero-order valence-corrected chi connectivity index (χ0v) is 10.1. The highest BCUT2D eigenvalue weighted by Gasteiger charge is 2.12. The number of nitrogens with one attached hydrogen (secondary N) is 1. The van der Waals surface area contributed by atoms with Crippen molar-refractivity contribution in [1.29, 1.82) is 0 Å². The summed E-state index contributed by atoms with van der Waals surface area (Å²) in [5, 5.41) is 12.8. The van der Waals surface area contributed by atoms with Crippen molar-refractivity contribution >= 4 is 11.5 Å². The first-order valence-corrected chi connectivity index (χ1v) is 5.55. The number of hydrogen-bond donors (Lipinski definition) is 1. The maximum Gasteiger partial charge on any atom is 0.270 e. The summed E-state index contributed by atoms with van der Waals surface area (Å²) in [5.74, 6) is -0.516. The van der Waals surface area contributed by atoms with Crippen molar-refractivity contribution in [2.24, 2.45) is 0 Å². The molecular weight excluding hydrogens is 266 g/mol. The van der Waals surface area contributed by atoms with Crippen LogP contribution in [0.2, 0.25) is 0 Å². The van der Waals surface area contributed by atoms with Gasteiger partial charge in [0.25, 0.3) is 16.8 Å². The maximum absolute atomic E-state index is 11.9. The molecule has 2 aromatic rings. The van der Waals surface area contributed by atoms with Gasteiger partial charge in [0.2, 0.25) is 0 Å². The van der Waals surface area contributed by atoms with Crippen molar-refractivity contribution in [2.45, 2.75) is 6.54 Å². The van der Waals surface area contributed by atoms with Gasteiger partial charge >= 0.3 is 0 Å². The summed E-state index contributed by atoms with van der Waals surface area (Å²) in [6.45, 7) is -0.393.